The van der Waals surface area contributed by atoms with Crippen molar-refractivity contribution in [3.63, 3.8) is 0 Å². The largest absolute Gasteiger partial charge is 0.421 e. The maximum absolute atomic E-state index is 13.7. The molecule has 2 heterocycles. The first-order valence-corrected chi connectivity index (χ1v) is 5.60. The van der Waals surface area contributed by atoms with Crippen molar-refractivity contribution in [2.75, 3.05) is 12.3 Å². The highest BCUT2D eigenvalue weighted by molar-refractivity contribution is 5.39. The molecule has 2 rings (SSSR count). The fraction of sp³-hybridized carbons (Fsp3) is 0.600. The van der Waals surface area contributed by atoms with Gasteiger partial charge >= 0.3 is 11.9 Å². The summed E-state index contributed by atoms with van der Waals surface area (Å²) in [6.45, 7) is -0.500. The predicted octanol–water partition coefficient (Wildman–Crippen LogP) is 0.462. The van der Waals surface area contributed by atoms with Crippen molar-refractivity contribution in [2.24, 2.45) is 0 Å². The molecule has 112 valence electrons. The monoisotopic (exact) mass is 297 g/mol. The maximum atomic E-state index is 13.7. The molecular formula is C10H11F4N3O3. The van der Waals surface area contributed by atoms with E-state index in [0.717, 1.165) is 0 Å². The Morgan fingerprint density at radius 2 is 2.20 bits per heavy atom. The van der Waals surface area contributed by atoms with Gasteiger partial charge in [-0.3, -0.25) is 4.57 Å². The maximum Gasteiger partial charge on any atom is 0.421 e. The van der Waals surface area contributed by atoms with E-state index < -0.39 is 48.4 Å². The highest BCUT2D eigenvalue weighted by Crippen LogP contribution is 2.34. The van der Waals surface area contributed by atoms with Gasteiger partial charge in [0.05, 0.1) is 12.7 Å². The van der Waals surface area contributed by atoms with Gasteiger partial charge in [0.1, 0.15) is 17.6 Å². The molecule has 0 spiro atoms. The molecule has 0 aromatic carbocycles. The van der Waals surface area contributed by atoms with Crippen molar-refractivity contribution < 1.29 is 27.4 Å². The number of aliphatic hydroxyl groups is 1. The minimum absolute atomic E-state index is 0.223. The fourth-order valence-electron chi connectivity index (χ4n) is 1.95. The molecule has 3 atom stereocenters. The van der Waals surface area contributed by atoms with Crippen LogP contribution in [0.4, 0.5) is 23.4 Å². The highest BCUT2D eigenvalue weighted by atomic mass is 19.4. The first-order chi connectivity index (χ1) is 9.24. The van der Waals surface area contributed by atoms with Crippen molar-refractivity contribution in [1.82, 2.24) is 9.55 Å². The van der Waals surface area contributed by atoms with Gasteiger partial charge in [-0.1, -0.05) is 0 Å². The number of alkyl halides is 4. The van der Waals surface area contributed by atoms with Gasteiger partial charge in [-0.05, 0) is 0 Å². The first kappa shape index (κ1) is 14.7. The molecular weight excluding hydrogens is 286 g/mol. The van der Waals surface area contributed by atoms with Crippen molar-refractivity contribution in [3.8, 4) is 0 Å². The number of ether oxygens (including phenoxy) is 1. The second-order valence-corrected chi connectivity index (χ2v) is 4.31. The minimum Gasteiger partial charge on any atom is -0.394 e. The van der Waals surface area contributed by atoms with Gasteiger partial charge < -0.3 is 15.6 Å². The molecule has 0 amide bonds. The molecule has 0 bridgehead atoms. The van der Waals surface area contributed by atoms with Gasteiger partial charge in [0, 0.05) is 12.6 Å². The van der Waals surface area contributed by atoms with Crippen molar-refractivity contribution >= 4 is 5.82 Å². The van der Waals surface area contributed by atoms with Gasteiger partial charge in [0.15, 0.2) is 6.23 Å². The van der Waals surface area contributed by atoms with Gasteiger partial charge in [-0.25, -0.2) is 9.18 Å². The van der Waals surface area contributed by atoms with Crippen LogP contribution in [0.3, 0.4) is 0 Å². The number of aromatic nitrogens is 2. The Balaban J connectivity index is 2.45. The third-order valence-corrected chi connectivity index (χ3v) is 2.89. The quantitative estimate of drug-likeness (QED) is 0.774. The fourth-order valence-corrected chi connectivity index (χ4v) is 1.95. The van der Waals surface area contributed by atoms with Crippen LogP contribution in [0.25, 0.3) is 0 Å². The summed E-state index contributed by atoms with van der Waals surface area (Å²) in [5, 5.41) is 8.85. The summed E-state index contributed by atoms with van der Waals surface area (Å²) in [7, 11) is 0. The SMILES string of the molecule is Nc1nc(=O)n([C@@H]2O[C@H](CO)C[C@H]2F)cc1C(F)(F)F. The lowest BCUT2D eigenvalue weighted by Crippen LogP contribution is -2.33. The summed E-state index contributed by atoms with van der Waals surface area (Å²) in [4.78, 5) is 14.6. The number of nitrogens with zero attached hydrogens (tertiary/aromatic N) is 2. The van der Waals surface area contributed by atoms with E-state index in [0.29, 0.717) is 10.8 Å². The summed E-state index contributed by atoms with van der Waals surface area (Å²) in [5.74, 6) is -0.981. The molecule has 1 aliphatic rings. The lowest BCUT2D eigenvalue weighted by Gasteiger charge is -2.18. The van der Waals surface area contributed by atoms with E-state index in [1.165, 1.54) is 0 Å². The Kier molecular flexibility index (Phi) is 3.69. The summed E-state index contributed by atoms with van der Waals surface area (Å²) >= 11 is 0. The Morgan fingerprint density at radius 1 is 1.55 bits per heavy atom. The Morgan fingerprint density at radius 3 is 2.70 bits per heavy atom. The average molecular weight is 297 g/mol. The first-order valence-electron chi connectivity index (χ1n) is 5.60. The Bertz CT molecular complexity index is 560. The number of anilines is 1. The third kappa shape index (κ3) is 2.61. The molecule has 20 heavy (non-hydrogen) atoms. The number of nitrogens with two attached hydrogens (primary N) is 1. The predicted molar refractivity (Wildman–Crippen MR) is 58.4 cm³/mol. The van der Waals surface area contributed by atoms with Crippen molar-refractivity contribution in [2.45, 2.75) is 31.1 Å². The van der Waals surface area contributed by atoms with Crippen LogP contribution in [0, 0.1) is 0 Å². The number of nitrogen functional groups attached to an aromatic ring is 1. The van der Waals surface area contributed by atoms with Crippen LogP contribution in [0.15, 0.2) is 11.0 Å². The summed E-state index contributed by atoms with van der Waals surface area (Å²) in [5.41, 5.74) is 2.55. The van der Waals surface area contributed by atoms with Crippen molar-refractivity contribution in [1.29, 1.82) is 0 Å². The Labute approximate surface area is 109 Å². The zero-order chi connectivity index (χ0) is 15.1. The molecule has 0 unspecified atom stereocenters. The average Bonchev–Trinajstić information content (AvgIpc) is 2.69. The lowest BCUT2D eigenvalue weighted by molar-refractivity contribution is -0.138. The van der Waals surface area contributed by atoms with Gasteiger partial charge in [-0.2, -0.15) is 18.2 Å². The summed E-state index contributed by atoms with van der Waals surface area (Å²) in [6.07, 6.45) is -8.84. The van der Waals surface area contributed by atoms with Gasteiger partial charge in [0.25, 0.3) is 0 Å². The molecule has 0 radical (unpaired) electrons. The van der Waals surface area contributed by atoms with Crippen LogP contribution in [-0.2, 0) is 10.9 Å². The van der Waals surface area contributed by atoms with E-state index in [2.05, 4.69) is 4.98 Å². The lowest BCUT2D eigenvalue weighted by atomic mass is 10.2. The number of rotatable bonds is 2. The zero-order valence-corrected chi connectivity index (χ0v) is 9.97. The number of halogens is 4. The normalized spacial score (nSPS) is 26.9. The van der Waals surface area contributed by atoms with Gasteiger partial charge in [0.2, 0.25) is 0 Å². The molecule has 0 aliphatic carbocycles. The van der Waals surface area contributed by atoms with Crippen LogP contribution >= 0.6 is 0 Å². The molecule has 1 fully saturated rings. The Hall–Kier alpha value is -1.68. The van der Waals surface area contributed by atoms with Crippen LogP contribution in [0.5, 0.6) is 0 Å². The van der Waals surface area contributed by atoms with Crippen LogP contribution in [0.1, 0.15) is 18.2 Å². The third-order valence-electron chi connectivity index (χ3n) is 2.89. The second-order valence-electron chi connectivity index (χ2n) is 4.31. The molecule has 10 heteroatoms. The number of hydrogen-bond acceptors (Lipinski definition) is 5. The van der Waals surface area contributed by atoms with E-state index in [-0.39, 0.29) is 6.42 Å². The topological polar surface area (TPSA) is 90.4 Å². The highest BCUT2D eigenvalue weighted by Gasteiger charge is 2.40. The molecule has 1 aromatic rings. The molecule has 3 N–H and O–H groups in total. The van der Waals surface area contributed by atoms with Crippen LogP contribution in [0.2, 0.25) is 0 Å². The van der Waals surface area contributed by atoms with E-state index in [4.69, 9.17) is 15.6 Å². The summed E-state index contributed by atoms with van der Waals surface area (Å²) < 4.78 is 57.1. The molecule has 1 saturated heterocycles. The minimum atomic E-state index is -4.83. The second kappa shape index (κ2) is 5.02. The zero-order valence-electron chi connectivity index (χ0n) is 9.97. The standard InChI is InChI=1S/C10H11F4N3O3/c11-6-1-4(3-18)20-8(6)17-2-5(10(12,13)14)7(15)16-9(17)19/h2,4,6,8,18H,1,3H2,(H2,15,16,19)/t4-,6+,8+/m0/s1. The summed E-state index contributed by atoms with van der Waals surface area (Å²) in [6, 6.07) is 0. The van der Waals surface area contributed by atoms with Gasteiger partial charge in [-0.15, -0.1) is 0 Å². The van der Waals surface area contributed by atoms with Crippen LogP contribution < -0.4 is 11.4 Å². The number of aliphatic hydroxyl groups excluding tert-OH is 1. The molecule has 0 saturated carbocycles. The van der Waals surface area contributed by atoms with Crippen LogP contribution in [-0.4, -0.2) is 33.5 Å². The van der Waals surface area contributed by atoms with Crippen molar-refractivity contribution in [3.05, 3.63) is 22.2 Å². The van der Waals surface area contributed by atoms with E-state index in [9.17, 15) is 22.4 Å². The van der Waals surface area contributed by atoms with E-state index in [1.54, 1.807) is 0 Å². The molecule has 1 aromatic heterocycles. The van der Waals surface area contributed by atoms with E-state index >= 15 is 0 Å². The number of hydrogen-bond donors (Lipinski definition) is 2. The smallest absolute Gasteiger partial charge is 0.394 e. The molecule has 1 aliphatic heterocycles. The van der Waals surface area contributed by atoms with E-state index in [1.807, 2.05) is 0 Å². The molecule has 6 nitrogen and oxygen atoms in total.